The summed E-state index contributed by atoms with van der Waals surface area (Å²) in [6.07, 6.45) is 1.47. The number of hydrazone groups is 1. The van der Waals surface area contributed by atoms with E-state index in [0.717, 1.165) is 5.69 Å². The van der Waals surface area contributed by atoms with Crippen LogP contribution < -0.4 is 14.9 Å². The van der Waals surface area contributed by atoms with Crippen molar-refractivity contribution in [2.45, 2.75) is 6.92 Å². The van der Waals surface area contributed by atoms with E-state index in [9.17, 15) is 4.79 Å². The predicted octanol–water partition coefficient (Wildman–Crippen LogP) is 3.62. The molecule has 0 fully saturated rings. The van der Waals surface area contributed by atoms with Crippen LogP contribution in [0, 0.1) is 6.92 Å². The van der Waals surface area contributed by atoms with E-state index in [1.165, 1.54) is 20.4 Å². The second kappa shape index (κ2) is 8.58. The van der Waals surface area contributed by atoms with Gasteiger partial charge < -0.3 is 9.47 Å². The van der Waals surface area contributed by atoms with Crippen LogP contribution >= 0.6 is 11.6 Å². The summed E-state index contributed by atoms with van der Waals surface area (Å²) in [6, 6.07) is 14.4. The van der Waals surface area contributed by atoms with E-state index < -0.39 is 0 Å². The number of amides is 1. The van der Waals surface area contributed by atoms with Crippen LogP contribution in [0.3, 0.4) is 0 Å². The Bertz CT molecular complexity index is 1020. The first-order chi connectivity index (χ1) is 13.5. The number of aromatic nitrogens is 2. The van der Waals surface area contributed by atoms with E-state index >= 15 is 0 Å². The van der Waals surface area contributed by atoms with E-state index in [2.05, 4.69) is 15.6 Å². The second-order valence-electron chi connectivity index (χ2n) is 5.81. The van der Waals surface area contributed by atoms with Gasteiger partial charge in [-0.05, 0) is 37.3 Å². The van der Waals surface area contributed by atoms with Crippen molar-refractivity contribution in [3.63, 3.8) is 0 Å². The number of nitrogens with one attached hydrogen (secondary N) is 1. The van der Waals surface area contributed by atoms with Gasteiger partial charge in [0.1, 0.15) is 5.15 Å². The second-order valence-corrected chi connectivity index (χ2v) is 6.16. The van der Waals surface area contributed by atoms with Crippen LogP contribution in [0.1, 0.15) is 21.6 Å². The molecule has 1 N–H and O–H groups in total. The Morgan fingerprint density at radius 3 is 2.54 bits per heavy atom. The summed E-state index contributed by atoms with van der Waals surface area (Å²) in [5.74, 6) is 0.613. The zero-order valence-corrected chi connectivity index (χ0v) is 16.4. The smallest absolute Gasteiger partial charge is 0.271 e. The topological polar surface area (TPSA) is 77.7 Å². The summed E-state index contributed by atoms with van der Waals surface area (Å²) in [5, 5.41) is 8.85. The van der Waals surface area contributed by atoms with Gasteiger partial charge in [-0.25, -0.2) is 10.1 Å². The van der Waals surface area contributed by atoms with Crippen molar-refractivity contribution in [1.82, 2.24) is 15.2 Å². The molecule has 0 saturated carbocycles. The van der Waals surface area contributed by atoms with Crippen LogP contribution in [0.5, 0.6) is 11.5 Å². The molecule has 1 aromatic heterocycles. The Morgan fingerprint density at radius 1 is 1.14 bits per heavy atom. The normalized spacial score (nSPS) is 10.9. The van der Waals surface area contributed by atoms with Gasteiger partial charge in [-0.1, -0.05) is 29.8 Å². The lowest BCUT2D eigenvalue weighted by molar-refractivity contribution is 0.0954. The number of aryl methyl sites for hydroxylation is 1. The van der Waals surface area contributed by atoms with E-state index in [0.29, 0.717) is 33.5 Å². The van der Waals surface area contributed by atoms with Crippen molar-refractivity contribution < 1.29 is 14.3 Å². The lowest BCUT2D eigenvalue weighted by Crippen LogP contribution is -2.17. The minimum atomic E-state index is -0.388. The maximum atomic E-state index is 12.3. The largest absolute Gasteiger partial charge is 0.493 e. The van der Waals surface area contributed by atoms with E-state index in [-0.39, 0.29) is 5.91 Å². The molecule has 0 aliphatic heterocycles. The average Bonchev–Trinajstić information content (AvgIpc) is 3.02. The average molecular weight is 399 g/mol. The Morgan fingerprint density at radius 2 is 1.86 bits per heavy atom. The van der Waals surface area contributed by atoms with Crippen molar-refractivity contribution in [2.24, 2.45) is 5.10 Å². The van der Waals surface area contributed by atoms with Gasteiger partial charge in [0, 0.05) is 5.56 Å². The number of ether oxygens (including phenoxy) is 2. The van der Waals surface area contributed by atoms with Crippen LogP contribution in [-0.2, 0) is 0 Å². The molecular formula is C20H19ClN4O3. The minimum Gasteiger partial charge on any atom is -0.493 e. The molecule has 144 valence electrons. The predicted molar refractivity (Wildman–Crippen MR) is 108 cm³/mol. The maximum absolute atomic E-state index is 12.3. The number of methoxy groups -OCH3 is 2. The summed E-state index contributed by atoms with van der Waals surface area (Å²) in [6.45, 7) is 1.82. The maximum Gasteiger partial charge on any atom is 0.271 e. The minimum absolute atomic E-state index is 0.387. The third-order valence-electron chi connectivity index (χ3n) is 4.05. The van der Waals surface area contributed by atoms with Gasteiger partial charge in [-0.15, -0.1) is 0 Å². The summed E-state index contributed by atoms with van der Waals surface area (Å²) >= 11 is 6.44. The number of carbonyl (C=O) groups excluding carboxylic acids is 1. The van der Waals surface area contributed by atoms with Gasteiger partial charge in [0.25, 0.3) is 5.91 Å². The quantitative estimate of drug-likeness (QED) is 0.508. The van der Waals surface area contributed by atoms with Gasteiger partial charge in [0.05, 0.1) is 37.4 Å². The summed E-state index contributed by atoms with van der Waals surface area (Å²) < 4.78 is 12.0. The molecule has 1 amide bonds. The molecular weight excluding hydrogens is 380 g/mol. The third-order valence-corrected chi connectivity index (χ3v) is 4.42. The highest BCUT2D eigenvalue weighted by atomic mass is 35.5. The fourth-order valence-electron chi connectivity index (χ4n) is 2.60. The highest BCUT2D eigenvalue weighted by Crippen LogP contribution is 2.27. The van der Waals surface area contributed by atoms with E-state index in [1.807, 2.05) is 37.3 Å². The first kappa shape index (κ1) is 19.4. The Kier molecular flexibility index (Phi) is 5.96. The molecule has 0 atom stereocenters. The van der Waals surface area contributed by atoms with E-state index in [4.69, 9.17) is 21.1 Å². The zero-order valence-electron chi connectivity index (χ0n) is 15.6. The Balaban J connectivity index is 1.76. The molecule has 8 heteroatoms. The lowest BCUT2D eigenvalue weighted by Gasteiger charge is -2.08. The SMILES string of the molecule is COc1ccc(C(=O)N/N=C\c2c(C)nn(-c3ccccc3)c2Cl)cc1OC. The fourth-order valence-corrected chi connectivity index (χ4v) is 2.92. The third kappa shape index (κ3) is 3.99. The zero-order chi connectivity index (χ0) is 20.1. The molecule has 3 rings (SSSR count). The molecule has 2 aromatic carbocycles. The number of para-hydroxylation sites is 1. The highest BCUT2D eigenvalue weighted by Gasteiger charge is 2.14. The number of hydrogen-bond acceptors (Lipinski definition) is 5. The lowest BCUT2D eigenvalue weighted by atomic mass is 10.2. The number of nitrogens with zero attached hydrogens (tertiary/aromatic N) is 3. The van der Waals surface area contributed by atoms with Gasteiger partial charge in [-0.2, -0.15) is 10.2 Å². The highest BCUT2D eigenvalue weighted by molar-refractivity contribution is 6.32. The van der Waals surface area contributed by atoms with Crippen molar-refractivity contribution in [1.29, 1.82) is 0 Å². The van der Waals surface area contributed by atoms with Crippen molar-refractivity contribution in [3.8, 4) is 17.2 Å². The van der Waals surface area contributed by atoms with Crippen LogP contribution in [0.25, 0.3) is 5.69 Å². The molecule has 1 heterocycles. The molecule has 0 aliphatic rings. The Labute approximate surface area is 167 Å². The van der Waals surface area contributed by atoms with Gasteiger partial charge in [-0.3, -0.25) is 4.79 Å². The molecule has 0 spiro atoms. The molecule has 0 unspecified atom stereocenters. The van der Waals surface area contributed by atoms with Crippen LogP contribution in [0.2, 0.25) is 5.15 Å². The Hall–Kier alpha value is -3.32. The van der Waals surface area contributed by atoms with Gasteiger partial charge in [0.2, 0.25) is 0 Å². The molecule has 0 aliphatic carbocycles. The molecule has 3 aromatic rings. The number of hydrogen-bond donors (Lipinski definition) is 1. The van der Waals surface area contributed by atoms with Crippen molar-refractivity contribution in [3.05, 3.63) is 70.5 Å². The first-order valence-electron chi connectivity index (χ1n) is 8.41. The van der Waals surface area contributed by atoms with Crippen molar-refractivity contribution in [2.75, 3.05) is 14.2 Å². The monoisotopic (exact) mass is 398 g/mol. The van der Waals surface area contributed by atoms with Crippen LogP contribution in [0.4, 0.5) is 0 Å². The summed E-state index contributed by atoms with van der Waals surface area (Å²) in [4.78, 5) is 12.3. The van der Waals surface area contributed by atoms with E-state index in [1.54, 1.807) is 22.9 Å². The number of carbonyl (C=O) groups is 1. The summed E-state index contributed by atoms with van der Waals surface area (Å²) in [7, 11) is 3.04. The van der Waals surface area contributed by atoms with Crippen molar-refractivity contribution >= 4 is 23.7 Å². The number of rotatable bonds is 6. The van der Waals surface area contributed by atoms with Gasteiger partial charge >= 0.3 is 0 Å². The fraction of sp³-hybridized carbons (Fsp3) is 0.150. The van der Waals surface area contributed by atoms with Gasteiger partial charge in [0.15, 0.2) is 11.5 Å². The molecule has 0 bridgehead atoms. The molecule has 7 nitrogen and oxygen atoms in total. The number of benzene rings is 2. The first-order valence-corrected chi connectivity index (χ1v) is 8.79. The van der Waals surface area contributed by atoms with Crippen LogP contribution in [0.15, 0.2) is 53.6 Å². The summed E-state index contributed by atoms with van der Waals surface area (Å²) in [5.41, 5.74) is 5.02. The number of halogens is 1. The molecule has 0 radical (unpaired) electrons. The van der Waals surface area contributed by atoms with Crippen LogP contribution in [-0.4, -0.2) is 36.1 Å². The standard InChI is InChI=1S/C20H19ClN4O3/c1-13-16(19(21)25(24-13)15-7-5-4-6-8-15)12-22-23-20(26)14-9-10-17(27-2)18(11-14)28-3/h4-12H,1-3H3,(H,23,26)/b22-12-. The molecule has 28 heavy (non-hydrogen) atoms. The molecule has 0 saturated heterocycles.